The molecular weight excluding hydrogens is 401 g/mol. The molecule has 4 N–H and O–H groups in total. The summed E-state index contributed by atoms with van der Waals surface area (Å²) in [4.78, 5) is 26.0. The van der Waals surface area contributed by atoms with Gasteiger partial charge in [-0.2, -0.15) is 13.2 Å². The Morgan fingerprint density at radius 2 is 1.87 bits per heavy atom. The van der Waals surface area contributed by atoms with Crippen molar-refractivity contribution >= 4 is 23.2 Å². The summed E-state index contributed by atoms with van der Waals surface area (Å²) < 4.78 is 44.9. The zero-order valence-electron chi connectivity index (χ0n) is 16.6. The third kappa shape index (κ3) is 5.63. The van der Waals surface area contributed by atoms with Crippen LogP contribution in [0, 0.1) is 5.92 Å². The van der Waals surface area contributed by atoms with E-state index < -0.39 is 23.6 Å². The SMILES string of the molecule is NC(=O)[C@@H]1CCCC[C@H]1NCC(=O)Nc1cc(C(F)(F)F)ccc1N1CCOCC1. The average Bonchev–Trinajstić information content (AvgIpc) is 2.72. The Balaban J connectivity index is 1.71. The fourth-order valence-corrected chi connectivity index (χ4v) is 4.03. The van der Waals surface area contributed by atoms with Crippen molar-refractivity contribution in [3.8, 4) is 0 Å². The molecule has 1 heterocycles. The first kappa shape index (κ1) is 22.4. The summed E-state index contributed by atoms with van der Waals surface area (Å²) in [5.74, 6) is -1.22. The van der Waals surface area contributed by atoms with Gasteiger partial charge in [-0.3, -0.25) is 9.59 Å². The number of nitrogens with zero attached hydrogens (tertiary/aromatic N) is 1. The zero-order chi connectivity index (χ0) is 21.7. The second-order valence-corrected chi connectivity index (χ2v) is 7.66. The number of morpholine rings is 1. The Hall–Kier alpha value is -2.33. The van der Waals surface area contributed by atoms with E-state index in [1.54, 1.807) is 0 Å². The smallest absolute Gasteiger partial charge is 0.378 e. The fourth-order valence-electron chi connectivity index (χ4n) is 4.03. The quantitative estimate of drug-likeness (QED) is 0.645. The first-order valence-corrected chi connectivity index (χ1v) is 10.1. The molecule has 30 heavy (non-hydrogen) atoms. The van der Waals surface area contributed by atoms with Gasteiger partial charge < -0.3 is 26.0 Å². The Labute approximate surface area is 173 Å². The third-order valence-electron chi connectivity index (χ3n) is 5.61. The Bertz CT molecular complexity index is 766. The number of hydrogen-bond donors (Lipinski definition) is 3. The predicted octanol–water partition coefficient (Wildman–Crippen LogP) is 2.11. The topological polar surface area (TPSA) is 96.7 Å². The molecule has 10 heteroatoms. The van der Waals surface area contributed by atoms with Crippen LogP contribution in [0.3, 0.4) is 0 Å². The molecule has 0 radical (unpaired) electrons. The molecule has 1 saturated heterocycles. The molecule has 1 aliphatic heterocycles. The number of primary amides is 1. The van der Waals surface area contributed by atoms with Crippen molar-refractivity contribution < 1.29 is 27.5 Å². The lowest BCUT2D eigenvalue weighted by Gasteiger charge is -2.31. The predicted molar refractivity (Wildman–Crippen MR) is 106 cm³/mol. The maximum absolute atomic E-state index is 13.2. The van der Waals surface area contributed by atoms with Gasteiger partial charge in [-0.1, -0.05) is 12.8 Å². The minimum atomic E-state index is -4.52. The van der Waals surface area contributed by atoms with Crippen molar-refractivity contribution in [2.45, 2.75) is 37.9 Å². The normalized spacial score (nSPS) is 22.6. The van der Waals surface area contributed by atoms with Crippen LogP contribution < -0.4 is 21.3 Å². The lowest BCUT2D eigenvalue weighted by atomic mass is 9.84. The molecular formula is C20H27F3N4O3. The summed E-state index contributed by atoms with van der Waals surface area (Å²) in [6.07, 6.45) is -1.28. The molecule has 1 aliphatic carbocycles. The van der Waals surface area contributed by atoms with Crippen molar-refractivity contribution in [2.75, 3.05) is 43.1 Å². The number of alkyl halides is 3. The largest absolute Gasteiger partial charge is 0.416 e. The van der Waals surface area contributed by atoms with Crippen LogP contribution in [0.25, 0.3) is 0 Å². The van der Waals surface area contributed by atoms with Crippen LogP contribution in [0.2, 0.25) is 0 Å². The van der Waals surface area contributed by atoms with E-state index in [9.17, 15) is 22.8 Å². The van der Waals surface area contributed by atoms with Crippen molar-refractivity contribution in [2.24, 2.45) is 11.7 Å². The number of hydrogen-bond acceptors (Lipinski definition) is 5. The lowest BCUT2D eigenvalue weighted by molar-refractivity contribution is -0.137. The van der Waals surface area contributed by atoms with Crippen LogP contribution in [0.15, 0.2) is 18.2 Å². The van der Waals surface area contributed by atoms with Crippen LogP contribution in [0.4, 0.5) is 24.5 Å². The highest BCUT2D eigenvalue weighted by Gasteiger charge is 2.32. The summed E-state index contributed by atoms with van der Waals surface area (Å²) in [5, 5.41) is 5.65. The van der Waals surface area contributed by atoms with Crippen molar-refractivity contribution in [3.63, 3.8) is 0 Å². The highest BCUT2D eigenvalue weighted by Crippen LogP contribution is 2.35. The highest BCUT2D eigenvalue weighted by molar-refractivity contribution is 5.96. The molecule has 166 valence electrons. The van der Waals surface area contributed by atoms with Gasteiger partial charge in [0.2, 0.25) is 11.8 Å². The summed E-state index contributed by atoms with van der Waals surface area (Å²) in [6, 6.07) is 3.14. The van der Waals surface area contributed by atoms with E-state index >= 15 is 0 Å². The number of nitrogens with one attached hydrogen (secondary N) is 2. The number of benzene rings is 1. The summed E-state index contributed by atoms with van der Waals surface area (Å²) in [5.41, 5.74) is 5.24. The van der Waals surface area contributed by atoms with E-state index in [0.29, 0.717) is 38.4 Å². The molecule has 7 nitrogen and oxygen atoms in total. The third-order valence-corrected chi connectivity index (χ3v) is 5.61. The molecule has 2 fully saturated rings. The van der Waals surface area contributed by atoms with Crippen LogP contribution in [-0.2, 0) is 20.5 Å². The molecule has 1 aromatic carbocycles. The first-order valence-electron chi connectivity index (χ1n) is 10.1. The number of anilines is 2. The molecule has 0 aromatic heterocycles. The van der Waals surface area contributed by atoms with Gasteiger partial charge in [-0.15, -0.1) is 0 Å². The van der Waals surface area contributed by atoms with E-state index in [0.717, 1.165) is 31.4 Å². The standard InChI is InChI=1S/C20H27F3N4O3/c21-20(22,23)13-5-6-17(27-7-9-30-10-8-27)16(11-13)26-18(28)12-25-15-4-2-1-3-14(15)19(24)29/h5-6,11,14-15,25H,1-4,7-10,12H2,(H2,24,29)(H,26,28)/t14-,15-/m1/s1. The molecule has 2 amide bonds. The van der Waals surface area contributed by atoms with E-state index in [1.165, 1.54) is 6.07 Å². The number of nitrogens with two attached hydrogens (primary N) is 1. The van der Waals surface area contributed by atoms with Gasteiger partial charge in [0.05, 0.1) is 42.6 Å². The molecule has 1 saturated carbocycles. The minimum absolute atomic E-state index is 0.105. The van der Waals surface area contributed by atoms with Gasteiger partial charge in [0.25, 0.3) is 0 Å². The number of halogens is 3. The number of amides is 2. The molecule has 3 rings (SSSR count). The second kappa shape index (κ2) is 9.65. The number of carbonyl (C=O) groups is 2. The molecule has 0 unspecified atom stereocenters. The lowest BCUT2D eigenvalue weighted by Crippen LogP contribution is -2.47. The fraction of sp³-hybridized carbons (Fsp3) is 0.600. The van der Waals surface area contributed by atoms with Gasteiger partial charge in [0, 0.05) is 19.1 Å². The van der Waals surface area contributed by atoms with Gasteiger partial charge >= 0.3 is 6.18 Å². The Morgan fingerprint density at radius 1 is 1.17 bits per heavy atom. The number of rotatable bonds is 6. The van der Waals surface area contributed by atoms with E-state index in [2.05, 4.69) is 10.6 Å². The van der Waals surface area contributed by atoms with Gasteiger partial charge in [0.1, 0.15) is 0 Å². The monoisotopic (exact) mass is 428 g/mol. The maximum atomic E-state index is 13.2. The van der Waals surface area contributed by atoms with Crippen molar-refractivity contribution in [3.05, 3.63) is 23.8 Å². The van der Waals surface area contributed by atoms with Gasteiger partial charge in [-0.25, -0.2) is 0 Å². The highest BCUT2D eigenvalue weighted by atomic mass is 19.4. The van der Waals surface area contributed by atoms with Crippen LogP contribution in [-0.4, -0.2) is 50.7 Å². The van der Waals surface area contributed by atoms with E-state index in [-0.39, 0.29) is 24.2 Å². The molecule has 2 atom stereocenters. The second-order valence-electron chi connectivity index (χ2n) is 7.66. The Morgan fingerprint density at radius 3 is 2.53 bits per heavy atom. The van der Waals surface area contributed by atoms with Gasteiger partial charge in [0.15, 0.2) is 0 Å². The molecule has 1 aromatic rings. The summed E-state index contributed by atoms with van der Waals surface area (Å²) >= 11 is 0. The maximum Gasteiger partial charge on any atom is 0.416 e. The van der Waals surface area contributed by atoms with Gasteiger partial charge in [-0.05, 0) is 31.0 Å². The Kier molecular flexibility index (Phi) is 7.19. The van der Waals surface area contributed by atoms with Crippen LogP contribution >= 0.6 is 0 Å². The zero-order valence-corrected chi connectivity index (χ0v) is 16.6. The average molecular weight is 428 g/mol. The number of carbonyl (C=O) groups excluding carboxylic acids is 2. The molecule has 0 bridgehead atoms. The van der Waals surface area contributed by atoms with Crippen molar-refractivity contribution in [1.29, 1.82) is 0 Å². The minimum Gasteiger partial charge on any atom is -0.378 e. The molecule has 0 spiro atoms. The van der Waals surface area contributed by atoms with Crippen LogP contribution in [0.1, 0.15) is 31.2 Å². The summed E-state index contributed by atoms with van der Waals surface area (Å²) in [6.45, 7) is 1.86. The van der Waals surface area contributed by atoms with Crippen molar-refractivity contribution in [1.82, 2.24) is 5.32 Å². The molecule has 2 aliphatic rings. The van der Waals surface area contributed by atoms with E-state index in [1.807, 2.05) is 4.90 Å². The van der Waals surface area contributed by atoms with E-state index in [4.69, 9.17) is 10.5 Å². The van der Waals surface area contributed by atoms with Crippen LogP contribution in [0.5, 0.6) is 0 Å². The first-order chi connectivity index (χ1) is 14.3. The number of ether oxygens (including phenoxy) is 1. The summed E-state index contributed by atoms with van der Waals surface area (Å²) in [7, 11) is 0.